The zero-order valence-corrected chi connectivity index (χ0v) is 11.8. The molecule has 1 saturated heterocycles. The Bertz CT molecular complexity index is 241. The summed E-state index contributed by atoms with van der Waals surface area (Å²) in [5.41, 5.74) is 0. The van der Waals surface area contributed by atoms with Crippen LogP contribution < -0.4 is 10.6 Å². The standard InChI is InChI=1S/C16H30N2/c1-2-7-13(8-3-1)18-16-10-5-4-9-14(16)15-11-6-12-17-15/h13-18H,1-12H2. The van der Waals surface area contributed by atoms with E-state index >= 15 is 0 Å². The van der Waals surface area contributed by atoms with Crippen LogP contribution in [0.3, 0.4) is 0 Å². The lowest BCUT2D eigenvalue weighted by Gasteiger charge is -2.39. The molecule has 2 aliphatic carbocycles. The molecule has 18 heavy (non-hydrogen) atoms. The summed E-state index contributed by atoms with van der Waals surface area (Å²) in [5, 5.41) is 7.80. The van der Waals surface area contributed by atoms with E-state index in [0.717, 1.165) is 24.0 Å². The maximum atomic E-state index is 4.04. The SMILES string of the molecule is C1CCC(NC2CCCCC2C2CCCN2)CC1. The van der Waals surface area contributed by atoms with Crippen molar-refractivity contribution in [3.63, 3.8) is 0 Å². The van der Waals surface area contributed by atoms with Crippen molar-refractivity contribution in [1.82, 2.24) is 10.6 Å². The third-order valence-electron chi connectivity index (χ3n) is 5.49. The van der Waals surface area contributed by atoms with Gasteiger partial charge in [0, 0.05) is 18.1 Å². The van der Waals surface area contributed by atoms with Crippen LogP contribution in [0.15, 0.2) is 0 Å². The largest absolute Gasteiger partial charge is 0.314 e. The minimum Gasteiger partial charge on any atom is -0.314 e. The number of hydrogen-bond donors (Lipinski definition) is 2. The third-order valence-corrected chi connectivity index (χ3v) is 5.49. The Labute approximate surface area is 112 Å². The van der Waals surface area contributed by atoms with Crippen molar-refractivity contribution in [3.05, 3.63) is 0 Å². The molecule has 104 valence electrons. The molecule has 3 aliphatic rings. The lowest BCUT2D eigenvalue weighted by atomic mass is 9.78. The van der Waals surface area contributed by atoms with E-state index in [1.165, 1.54) is 77.2 Å². The van der Waals surface area contributed by atoms with Gasteiger partial charge in [0.15, 0.2) is 0 Å². The van der Waals surface area contributed by atoms with Crippen molar-refractivity contribution < 1.29 is 0 Å². The van der Waals surface area contributed by atoms with Gasteiger partial charge in [-0.25, -0.2) is 0 Å². The van der Waals surface area contributed by atoms with Gasteiger partial charge in [0.05, 0.1) is 0 Å². The molecule has 2 nitrogen and oxygen atoms in total. The smallest absolute Gasteiger partial charge is 0.0113 e. The van der Waals surface area contributed by atoms with Crippen LogP contribution in [0.25, 0.3) is 0 Å². The maximum absolute atomic E-state index is 4.04. The van der Waals surface area contributed by atoms with E-state index in [0.29, 0.717) is 0 Å². The molecule has 2 heteroatoms. The van der Waals surface area contributed by atoms with Crippen molar-refractivity contribution in [2.45, 2.75) is 88.8 Å². The van der Waals surface area contributed by atoms with E-state index in [1.54, 1.807) is 0 Å². The Hall–Kier alpha value is -0.0800. The lowest BCUT2D eigenvalue weighted by molar-refractivity contribution is 0.188. The second-order valence-electron chi connectivity index (χ2n) is 6.76. The number of nitrogens with one attached hydrogen (secondary N) is 2. The molecule has 0 aromatic heterocycles. The second-order valence-corrected chi connectivity index (χ2v) is 6.76. The summed E-state index contributed by atoms with van der Waals surface area (Å²) < 4.78 is 0. The van der Waals surface area contributed by atoms with Crippen LogP contribution >= 0.6 is 0 Å². The molecule has 3 unspecified atom stereocenters. The Morgan fingerprint density at radius 1 is 0.722 bits per heavy atom. The van der Waals surface area contributed by atoms with Crippen LogP contribution in [0.5, 0.6) is 0 Å². The van der Waals surface area contributed by atoms with E-state index in [4.69, 9.17) is 0 Å². The van der Waals surface area contributed by atoms with Gasteiger partial charge in [-0.3, -0.25) is 0 Å². The Kier molecular flexibility index (Phi) is 4.58. The molecule has 2 saturated carbocycles. The number of rotatable bonds is 3. The maximum Gasteiger partial charge on any atom is 0.0113 e. The van der Waals surface area contributed by atoms with E-state index < -0.39 is 0 Å². The minimum atomic E-state index is 0.817. The van der Waals surface area contributed by atoms with Crippen molar-refractivity contribution in [1.29, 1.82) is 0 Å². The van der Waals surface area contributed by atoms with Crippen LogP contribution in [0.1, 0.15) is 70.6 Å². The molecule has 0 radical (unpaired) electrons. The van der Waals surface area contributed by atoms with Crippen LogP contribution in [0.4, 0.5) is 0 Å². The van der Waals surface area contributed by atoms with Gasteiger partial charge in [0.1, 0.15) is 0 Å². The summed E-state index contributed by atoms with van der Waals surface area (Å²) >= 11 is 0. The molecule has 3 rings (SSSR count). The average Bonchev–Trinajstić information content (AvgIpc) is 2.94. The molecular formula is C16H30N2. The second kappa shape index (κ2) is 6.38. The fraction of sp³-hybridized carbons (Fsp3) is 1.00. The summed E-state index contributed by atoms with van der Waals surface area (Å²) in [5.74, 6) is 0.920. The Morgan fingerprint density at radius 3 is 2.28 bits per heavy atom. The summed E-state index contributed by atoms with van der Waals surface area (Å²) in [6, 6.07) is 2.48. The predicted molar refractivity (Wildman–Crippen MR) is 76.8 cm³/mol. The van der Waals surface area contributed by atoms with Gasteiger partial charge in [0.25, 0.3) is 0 Å². The van der Waals surface area contributed by atoms with Gasteiger partial charge in [-0.1, -0.05) is 32.1 Å². The van der Waals surface area contributed by atoms with Gasteiger partial charge in [-0.15, -0.1) is 0 Å². The molecule has 3 fully saturated rings. The highest BCUT2D eigenvalue weighted by molar-refractivity contribution is 4.93. The van der Waals surface area contributed by atoms with Gasteiger partial charge in [-0.2, -0.15) is 0 Å². The monoisotopic (exact) mass is 250 g/mol. The quantitative estimate of drug-likeness (QED) is 0.803. The van der Waals surface area contributed by atoms with Gasteiger partial charge in [-0.05, 0) is 51.0 Å². The molecule has 0 aromatic carbocycles. The number of hydrogen-bond acceptors (Lipinski definition) is 2. The Morgan fingerprint density at radius 2 is 1.50 bits per heavy atom. The zero-order chi connectivity index (χ0) is 12.2. The molecule has 3 atom stereocenters. The highest BCUT2D eigenvalue weighted by atomic mass is 15.0. The van der Waals surface area contributed by atoms with Crippen LogP contribution in [-0.4, -0.2) is 24.7 Å². The molecule has 2 N–H and O–H groups in total. The summed E-state index contributed by atoms with van der Waals surface area (Å²) in [4.78, 5) is 0. The van der Waals surface area contributed by atoms with Crippen molar-refractivity contribution in [2.75, 3.05) is 6.54 Å². The van der Waals surface area contributed by atoms with E-state index in [2.05, 4.69) is 10.6 Å². The van der Waals surface area contributed by atoms with Crippen molar-refractivity contribution in [3.8, 4) is 0 Å². The predicted octanol–water partition coefficient (Wildman–Crippen LogP) is 3.22. The fourth-order valence-electron chi connectivity index (χ4n) is 4.50. The summed E-state index contributed by atoms with van der Waals surface area (Å²) in [7, 11) is 0. The molecular weight excluding hydrogens is 220 g/mol. The molecule has 0 amide bonds. The molecule has 0 spiro atoms. The normalized spacial score (nSPS) is 39.0. The first-order valence-electron chi connectivity index (χ1n) is 8.43. The van der Waals surface area contributed by atoms with E-state index in [-0.39, 0.29) is 0 Å². The van der Waals surface area contributed by atoms with Gasteiger partial charge in [0.2, 0.25) is 0 Å². The topological polar surface area (TPSA) is 24.1 Å². The summed E-state index contributed by atoms with van der Waals surface area (Å²) in [6.07, 6.45) is 15.9. The van der Waals surface area contributed by atoms with Gasteiger partial charge < -0.3 is 10.6 Å². The lowest BCUT2D eigenvalue weighted by Crippen LogP contribution is -2.50. The molecule has 1 aliphatic heterocycles. The zero-order valence-electron chi connectivity index (χ0n) is 11.8. The molecule has 1 heterocycles. The first-order chi connectivity index (χ1) is 8.93. The van der Waals surface area contributed by atoms with Crippen molar-refractivity contribution >= 4 is 0 Å². The average molecular weight is 250 g/mol. The van der Waals surface area contributed by atoms with Gasteiger partial charge >= 0.3 is 0 Å². The van der Waals surface area contributed by atoms with Crippen LogP contribution in [0, 0.1) is 5.92 Å². The molecule has 0 bridgehead atoms. The van der Waals surface area contributed by atoms with E-state index in [1.807, 2.05) is 0 Å². The fourth-order valence-corrected chi connectivity index (χ4v) is 4.50. The first-order valence-corrected chi connectivity index (χ1v) is 8.43. The highest BCUT2D eigenvalue weighted by Crippen LogP contribution is 2.32. The van der Waals surface area contributed by atoms with Crippen molar-refractivity contribution in [2.24, 2.45) is 5.92 Å². The third kappa shape index (κ3) is 3.08. The minimum absolute atomic E-state index is 0.817. The Balaban J connectivity index is 1.56. The summed E-state index contributed by atoms with van der Waals surface area (Å²) in [6.45, 7) is 1.26. The first kappa shape index (κ1) is 12.9. The van der Waals surface area contributed by atoms with E-state index in [9.17, 15) is 0 Å². The molecule has 0 aromatic rings. The van der Waals surface area contributed by atoms with Crippen LogP contribution in [-0.2, 0) is 0 Å². The van der Waals surface area contributed by atoms with Crippen LogP contribution in [0.2, 0.25) is 0 Å². The highest BCUT2D eigenvalue weighted by Gasteiger charge is 2.34.